The van der Waals surface area contributed by atoms with Gasteiger partial charge in [0.1, 0.15) is 12.1 Å². The number of aromatic nitrogens is 4. The van der Waals surface area contributed by atoms with Gasteiger partial charge >= 0.3 is 0 Å². The molecule has 0 spiro atoms. The Bertz CT molecular complexity index is 602. The van der Waals surface area contributed by atoms with Crippen LogP contribution in [0.1, 0.15) is 27.7 Å². The van der Waals surface area contributed by atoms with Crippen molar-refractivity contribution in [3.63, 3.8) is 0 Å². The summed E-state index contributed by atoms with van der Waals surface area (Å²) in [5.41, 5.74) is 0.777. The standard InChI is InChI=1S/C15H21N5O2/c1-11(2)20(12(3)4)15(21)9-22-14-7-5-6-13(8-14)19-10-16-17-18-19/h5-8,10-12H,9H2,1-4H3. The van der Waals surface area contributed by atoms with E-state index in [-0.39, 0.29) is 24.6 Å². The van der Waals surface area contributed by atoms with Crippen LogP contribution in [0.2, 0.25) is 0 Å². The molecule has 1 heterocycles. The van der Waals surface area contributed by atoms with Crippen LogP contribution in [0.15, 0.2) is 30.6 Å². The number of carbonyl (C=O) groups excluding carboxylic acids is 1. The van der Waals surface area contributed by atoms with Crippen molar-refractivity contribution in [2.75, 3.05) is 6.61 Å². The van der Waals surface area contributed by atoms with Gasteiger partial charge in [0.2, 0.25) is 0 Å². The zero-order chi connectivity index (χ0) is 16.1. The van der Waals surface area contributed by atoms with Gasteiger partial charge in [0.25, 0.3) is 5.91 Å². The zero-order valence-electron chi connectivity index (χ0n) is 13.3. The van der Waals surface area contributed by atoms with Crippen molar-refractivity contribution in [3.05, 3.63) is 30.6 Å². The topological polar surface area (TPSA) is 73.1 Å². The summed E-state index contributed by atoms with van der Waals surface area (Å²) < 4.78 is 7.15. The maximum Gasteiger partial charge on any atom is 0.260 e. The molecule has 1 aromatic carbocycles. The van der Waals surface area contributed by atoms with Crippen molar-refractivity contribution in [3.8, 4) is 11.4 Å². The zero-order valence-corrected chi connectivity index (χ0v) is 13.3. The molecule has 2 aromatic rings. The van der Waals surface area contributed by atoms with Crippen LogP contribution >= 0.6 is 0 Å². The molecule has 0 bridgehead atoms. The lowest BCUT2D eigenvalue weighted by Crippen LogP contribution is -2.44. The molecule has 2 rings (SSSR count). The van der Waals surface area contributed by atoms with Gasteiger partial charge in [-0.1, -0.05) is 6.07 Å². The minimum Gasteiger partial charge on any atom is -0.484 e. The Morgan fingerprint density at radius 2 is 2.00 bits per heavy atom. The highest BCUT2D eigenvalue weighted by molar-refractivity contribution is 5.78. The quantitative estimate of drug-likeness (QED) is 0.812. The lowest BCUT2D eigenvalue weighted by Gasteiger charge is -2.30. The predicted molar refractivity (Wildman–Crippen MR) is 81.8 cm³/mol. The number of rotatable bonds is 6. The Morgan fingerprint density at radius 1 is 1.27 bits per heavy atom. The van der Waals surface area contributed by atoms with Crippen LogP contribution < -0.4 is 4.74 Å². The Hall–Kier alpha value is -2.44. The second kappa shape index (κ2) is 7.02. The lowest BCUT2D eigenvalue weighted by atomic mass is 10.2. The molecule has 1 aromatic heterocycles. The number of amides is 1. The monoisotopic (exact) mass is 303 g/mol. The van der Waals surface area contributed by atoms with Gasteiger partial charge in [0, 0.05) is 18.2 Å². The van der Waals surface area contributed by atoms with Crippen LogP contribution in [0.4, 0.5) is 0 Å². The van der Waals surface area contributed by atoms with Gasteiger partial charge < -0.3 is 9.64 Å². The van der Waals surface area contributed by atoms with Crippen LogP contribution in [0.3, 0.4) is 0 Å². The number of hydrogen-bond donors (Lipinski definition) is 0. The highest BCUT2D eigenvalue weighted by Crippen LogP contribution is 2.16. The summed E-state index contributed by atoms with van der Waals surface area (Å²) in [7, 11) is 0. The first kappa shape index (κ1) is 15.9. The van der Waals surface area contributed by atoms with Gasteiger partial charge in [-0.05, 0) is 50.3 Å². The fourth-order valence-electron chi connectivity index (χ4n) is 2.39. The van der Waals surface area contributed by atoms with E-state index >= 15 is 0 Å². The minimum absolute atomic E-state index is 0.00935. The Morgan fingerprint density at radius 3 is 2.59 bits per heavy atom. The number of hydrogen-bond acceptors (Lipinski definition) is 5. The number of carbonyl (C=O) groups is 1. The largest absolute Gasteiger partial charge is 0.484 e. The summed E-state index contributed by atoms with van der Waals surface area (Å²) in [6, 6.07) is 7.57. The van der Waals surface area contributed by atoms with Gasteiger partial charge in [-0.15, -0.1) is 5.10 Å². The van der Waals surface area contributed by atoms with Gasteiger partial charge in [0.05, 0.1) is 5.69 Å². The summed E-state index contributed by atoms with van der Waals surface area (Å²) in [6.07, 6.45) is 1.50. The predicted octanol–water partition coefficient (Wildman–Crippen LogP) is 1.69. The molecule has 0 aliphatic carbocycles. The molecule has 0 N–H and O–H groups in total. The summed E-state index contributed by atoms with van der Waals surface area (Å²) in [6.45, 7) is 7.99. The molecule has 7 heteroatoms. The number of tetrazole rings is 1. The molecule has 0 aliphatic rings. The van der Waals surface area contributed by atoms with Crippen LogP contribution in [0, 0.1) is 0 Å². The molecule has 0 saturated carbocycles. The van der Waals surface area contributed by atoms with E-state index in [0.29, 0.717) is 5.75 Å². The Labute approximate surface area is 129 Å². The first-order valence-corrected chi connectivity index (χ1v) is 7.26. The third kappa shape index (κ3) is 3.81. The fourth-order valence-corrected chi connectivity index (χ4v) is 2.39. The van der Waals surface area contributed by atoms with Gasteiger partial charge in [0.15, 0.2) is 6.61 Å². The smallest absolute Gasteiger partial charge is 0.260 e. The molecule has 0 saturated heterocycles. The molecular weight excluding hydrogens is 282 g/mol. The minimum atomic E-state index is -0.0298. The summed E-state index contributed by atoms with van der Waals surface area (Å²) in [5, 5.41) is 11.0. The number of ether oxygens (including phenoxy) is 1. The highest BCUT2D eigenvalue weighted by atomic mass is 16.5. The van der Waals surface area contributed by atoms with Crippen molar-refractivity contribution in [1.82, 2.24) is 25.1 Å². The second-order valence-electron chi connectivity index (χ2n) is 5.53. The van der Waals surface area contributed by atoms with Gasteiger partial charge in [-0.2, -0.15) is 0 Å². The molecule has 0 radical (unpaired) electrons. The maximum atomic E-state index is 12.3. The molecule has 7 nitrogen and oxygen atoms in total. The third-order valence-corrected chi connectivity index (χ3v) is 3.19. The van der Waals surface area contributed by atoms with Crippen LogP contribution in [-0.4, -0.2) is 49.7 Å². The van der Waals surface area contributed by atoms with E-state index in [1.807, 2.05) is 44.7 Å². The fraction of sp³-hybridized carbons (Fsp3) is 0.467. The molecule has 1 amide bonds. The van der Waals surface area contributed by atoms with Crippen LogP contribution in [0.25, 0.3) is 5.69 Å². The molecule has 0 aliphatic heterocycles. The molecule has 0 fully saturated rings. The van der Waals surface area contributed by atoms with Crippen LogP contribution in [-0.2, 0) is 4.79 Å². The summed E-state index contributed by atoms with van der Waals surface area (Å²) in [4.78, 5) is 14.1. The van der Waals surface area contributed by atoms with E-state index in [1.54, 1.807) is 12.1 Å². The first-order chi connectivity index (χ1) is 10.5. The van der Waals surface area contributed by atoms with E-state index in [1.165, 1.54) is 11.0 Å². The van der Waals surface area contributed by atoms with Crippen LogP contribution in [0.5, 0.6) is 5.75 Å². The van der Waals surface area contributed by atoms with Crippen molar-refractivity contribution >= 4 is 5.91 Å². The van der Waals surface area contributed by atoms with Gasteiger partial charge in [-0.25, -0.2) is 4.68 Å². The SMILES string of the molecule is CC(C)N(C(=O)COc1cccc(-n2cnnn2)c1)C(C)C. The number of nitrogens with zero attached hydrogens (tertiary/aromatic N) is 5. The van der Waals surface area contributed by atoms with Crippen molar-refractivity contribution in [2.45, 2.75) is 39.8 Å². The Kier molecular flexibility index (Phi) is 5.08. The number of benzene rings is 1. The average Bonchev–Trinajstić information content (AvgIpc) is 2.99. The highest BCUT2D eigenvalue weighted by Gasteiger charge is 2.20. The van der Waals surface area contributed by atoms with Gasteiger partial charge in [-0.3, -0.25) is 4.79 Å². The maximum absolute atomic E-state index is 12.3. The summed E-state index contributed by atoms with van der Waals surface area (Å²) >= 11 is 0. The normalized spacial score (nSPS) is 11.0. The van der Waals surface area contributed by atoms with E-state index in [2.05, 4.69) is 15.5 Å². The molecule has 0 atom stereocenters. The third-order valence-electron chi connectivity index (χ3n) is 3.19. The van der Waals surface area contributed by atoms with E-state index in [0.717, 1.165) is 5.69 Å². The van der Waals surface area contributed by atoms with Crippen molar-refractivity contribution in [1.29, 1.82) is 0 Å². The molecular formula is C15H21N5O2. The Balaban J connectivity index is 2.03. The lowest BCUT2D eigenvalue weighted by molar-refractivity contribution is -0.136. The molecule has 118 valence electrons. The van der Waals surface area contributed by atoms with E-state index in [9.17, 15) is 4.79 Å². The second-order valence-corrected chi connectivity index (χ2v) is 5.53. The van der Waals surface area contributed by atoms with E-state index < -0.39 is 0 Å². The van der Waals surface area contributed by atoms with Crippen molar-refractivity contribution < 1.29 is 9.53 Å². The summed E-state index contributed by atoms with van der Waals surface area (Å²) in [5.74, 6) is 0.576. The van der Waals surface area contributed by atoms with Crippen molar-refractivity contribution in [2.24, 2.45) is 0 Å². The first-order valence-electron chi connectivity index (χ1n) is 7.26. The molecule has 0 unspecified atom stereocenters. The average molecular weight is 303 g/mol. The molecule has 22 heavy (non-hydrogen) atoms. The van der Waals surface area contributed by atoms with E-state index in [4.69, 9.17) is 4.74 Å².